The molecular formula is C16H14N4OS. The van der Waals surface area contributed by atoms with Crippen LogP contribution in [0.25, 0.3) is 16.8 Å². The molecule has 0 aliphatic rings. The van der Waals surface area contributed by atoms with Gasteiger partial charge in [0.05, 0.1) is 18.1 Å². The van der Waals surface area contributed by atoms with E-state index in [0.717, 1.165) is 33.5 Å². The molecule has 0 bridgehead atoms. The van der Waals surface area contributed by atoms with Gasteiger partial charge in [-0.25, -0.2) is 10.1 Å². The minimum Gasteiger partial charge on any atom is -0.497 e. The molecule has 2 aromatic heterocycles. The highest BCUT2D eigenvalue weighted by Gasteiger charge is 2.11. The summed E-state index contributed by atoms with van der Waals surface area (Å²) in [4.78, 5) is 4.53. The fraction of sp³-hybridized carbons (Fsp3) is 0.125. The largest absolute Gasteiger partial charge is 0.497 e. The minimum absolute atomic E-state index is 0.776. The van der Waals surface area contributed by atoms with Gasteiger partial charge >= 0.3 is 0 Å². The first-order chi connectivity index (χ1) is 10.8. The molecule has 0 aliphatic carbocycles. The highest BCUT2D eigenvalue weighted by atomic mass is 32.2. The number of para-hydroxylation sites is 2. The Kier molecular flexibility index (Phi) is 3.23. The van der Waals surface area contributed by atoms with Crippen molar-refractivity contribution in [2.24, 2.45) is 0 Å². The molecule has 1 N–H and O–H groups in total. The molecule has 110 valence electrons. The second-order valence-corrected chi connectivity index (χ2v) is 5.84. The zero-order valence-corrected chi connectivity index (χ0v) is 12.8. The predicted octanol–water partition coefficient (Wildman–Crippen LogP) is 3.51. The number of H-pyrrole nitrogens is 1. The summed E-state index contributed by atoms with van der Waals surface area (Å²) in [6.45, 7) is 0. The molecule has 2 aromatic carbocycles. The van der Waals surface area contributed by atoms with Gasteiger partial charge in [0.25, 0.3) is 0 Å². The number of hydrogen-bond donors (Lipinski definition) is 1. The summed E-state index contributed by atoms with van der Waals surface area (Å²) in [5, 5.41) is 8.28. The van der Waals surface area contributed by atoms with E-state index in [2.05, 4.69) is 37.8 Å². The highest BCUT2D eigenvalue weighted by molar-refractivity contribution is 7.98. The molecule has 5 nitrogen and oxygen atoms in total. The third-order valence-corrected chi connectivity index (χ3v) is 4.54. The van der Waals surface area contributed by atoms with Crippen molar-refractivity contribution in [3.63, 3.8) is 0 Å². The average Bonchev–Trinajstić information content (AvgIpc) is 3.12. The van der Waals surface area contributed by atoms with Crippen LogP contribution in [-0.4, -0.2) is 26.7 Å². The summed E-state index contributed by atoms with van der Waals surface area (Å²) >= 11 is 1.68. The molecule has 6 heteroatoms. The number of aromatic nitrogens is 4. The van der Waals surface area contributed by atoms with Crippen LogP contribution in [0.4, 0.5) is 0 Å². The van der Waals surface area contributed by atoms with Gasteiger partial charge in [-0.05, 0) is 29.8 Å². The topological polar surface area (TPSA) is 55.2 Å². The number of methoxy groups -OCH3 is 1. The van der Waals surface area contributed by atoms with Gasteiger partial charge in [-0.3, -0.25) is 4.40 Å². The molecule has 0 aliphatic heterocycles. The molecule has 0 spiro atoms. The normalized spacial score (nSPS) is 11.3. The maximum Gasteiger partial charge on any atom is 0.231 e. The smallest absolute Gasteiger partial charge is 0.231 e. The van der Waals surface area contributed by atoms with Crippen LogP contribution in [0.2, 0.25) is 0 Å². The standard InChI is InChI=1S/C16H14N4OS/c1-21-12-8-6-11(7-9-12)10-22-16-19-18-15-17-13-4-2-3-5-14(13)20(15)16/h2-9H,10H2,1H3,(H,17,18). The molecule has 4 aromatic rings. The number of nitrogens with zero attached hydrogens (tertiary/aromatic N) is 3. The fourth-order valence-electron chi connectivity index (χ4n) is 2.41. The lowest BCUT2D eigenvalue weighted by Crippen LogP contribution is -1.88. The fourth-order valence-corrected chi connectivity index (χ4v) is 3.32. The summed E-state index contributed by atoms with van der Waals surface area (Å²) < 4.78 is 7.24. The predicted molar refractivity (Wildman–Crippen MR) is 87.4 cm³/mol. The van der Waals surface area contributed by atoms with E-state index in [4.69, 9.17) is 4.74 Å². The molecule has 0 atom stereocenters. The number of fused-ring (bicyclic) bond motifs is 3. The summed E-state index contributed by atoms with van der Waals surface area (Å²) in [6, 6.07) is 16.2. The van der Waals surface area contributed by atoms with Crippen LogP contribution in [0.1, 0.15) is 5.56 Å². The van der Waals surface area contributed by atoms with Crippen molar-refractivity contribution in [1.29, 1.82) is 0 Å². The zero-order valence-electron chi connectivity index (χ0n) is 12.0. The number of benzene rings is 2. The number of hydrogen-bond acceptors (Lipinski definition) is 4. The van der Waals surface area contributed by atoms with E-state index in [-0.39, 0.29) is 0 Å². The molecular weight excluding hydrogens is 296 g/mol. The number of imidazole rings is 1. The summed E-state index contributed by atoms with van der Waals surface area (Å²) in [6.07, 6.45) is 0. The molecule has 22 heavy (non-hydrogen) atoms. The average molecular weight is 310 g/mol. The molecule has 0 unspecified atom stereocenters. The number of nitrogens with one attached hydrogen (secondary N) is 1. The second kappa shape index (κ2) is 5.38. The molecule has 0 radical (unpaired) electrons. The van der Waals surface area contributed by atoms with Gasteiger partial charge in [-0.1, -0.05) is 36.0 Å². The molecule has 0 saturated heterocycles. The van der Waals surface area contributed by atoms with E-state index in [1.165, 1.54) is 5.56 Å². The first-order valence-electron chi connectivity index (χ1n) is 6.92. The van der Waals surface area contributed by atoms with E-state index in [9.17, 15) is 0 Å². The monoisotopic (exact) mass is 310 g/mol. The number of ether oxygens (including phenoxy) is 1. The third kappa shape index (κ3) is 2.21. The van der Waals surface area contributed by atoms with E-state index >= 15 is 0 Å². The Morgan fingerprint density at radius 2 is 1.95 bits per heavy atom. The van der Waals surface area contributed by atoms with Crippen molar-refractivity contribution in [3.05, 3.63) is 54.1 Å². The van der Waals surface area contributed by atoms with Crippen LogP contribution < -0.4 is 4.74 Å². The van der Waals surface area contributed by atoms with Crippen molar-refractivity contribution < 1.29 is 4.74 Å². The van der Waals surface area contributed by atoms with Crippen molar-refractivity contribution >= 4 is 28.6 Å². The lowest BCUT2D eigenvalue weighted by Gasteiger charge is -2.02. The van der Waals surface area contributed by atoms with Crippen LogP contribution in [-0.2, 0) is 5.75 Å². The summed E-state index contributed by atoms with van der Waals surface area (Å²) in [7, 11) is 1.67. The lowest BCUT2D eigenvalue weighted by atomic mass is 10.2. The van der Waals surface area contributed by atoms with Gasteiger partial charge < -0.3 is 4.74 Å². The Hall–Kier alpha value is -2.47. The molecule has 0 amide bonds. The van der Waals surface area contributed by atoms with Crippen molar-refractivity contribution in [2.75, 3.05) is 7.11 Å². The molecule has 4 rings (SSSR count). The van der Waals surface area contributed by atoms with Gasteiger partial charge in [0, 0.05) is 5.75 Å². The van der Waals surface area contributed by atoms with Gasteiger partial charge in [0.2, 0.25) is 5.78 Å². The Balaban J connectivity index is 1.63. The number of aromatic amines is 1. The third-order valence-electron chi connectivity index (χ3n) is 3.53. The minimum atomic E-state index is 0.776. The van der Waals surface area contributed by atoms with Crippen molar-refractivity contribution in [3.8, 4) is 5.75 Å². The first-order valence-corrected chi connectivity index (χ1v) is 7.91. The van der Waals surface area contributed by atoms with E-state index in [0.29, 0.717) is 0 Å². The SMILES string of the molecule is COc1ccc(CSc2n[nH]c3nc4ccccc4n23)cc1. The van der Waals surface area contributed by atoms with Crippen LogP contribution in [0.5, 0.6) is 5.75 Å². The quantitative estimate of drug-likeness (QED) is 0.586. The van der Waals surface area contributed by atoms with Gasteiger partial charge in [-0.2, -0.15) is 0 Å². The van der Waals surface area contributed by atoms with Crippen LogP contribution in [0.3, 0.4) is 0 Å². The Morgan fingerprint density at radius 1 is 1.14 bits per heavy atom. The van der Waals surface area contributed by atoms with E-state index < -0.39 is 0 Å². The van der Waals surface area contributed by atoms with E-state index in [1.807, 2.05) is 30.3 Å². The van der Waals surface area contributed by atoms with Crippen molar-refractivity contribution in [2.45, 2.75) is 10.9 Å². The maximum atomic E-state index is 5.18. The summed E-state index contributed by atoms with van der Waals surface area (Å²) in [5.41, 5.74) is 3.28. The second-order valence-electron chi connectivity index (χ2n) is 4.90. The van der Waals surface area contributed by atoms with Gasteiger partial charge in [0.15, 0.2) is 5.16 Å². The maximum absolute atomic E-state index is 5.18. The number of thioether (sulfide) groups is 1. The molecule has 0 fully saturated rings. The number of rotatable bonds is 4. The van der Waals surface area contributed by atoms with Crippen LogP contribution in [0, 0.1) is 0 Å². The molecule has 0 saturated carbocycles. The van der Waals surface area contributed by atoms with Gasteiger partial charge in [0.1, 0.15) is 5.75 Å². The Bertz CT molecular complexity index is 926. The van der Waals surface area contributed by atoms with E-state index in [1.54, 1.807) is 18.9 Å². The lowest BCUT2D eigenvalue weighted by molar-refractivity contribution is 0.414. The van der Waals surface area contributed by atoms with Crippen LogP contribution >= 0.6 is 11.8 Å². The summed E-state index contributed by atoms with van der Waals surface area (Å²) in [5.74, 6) is 2.49. The molecule has 2 heterocycles. The van der Waals surface area contributed by atoms with Crippen molar-refractivity contribution in [1.82, 2.24) is 19.6 Å². The zero-order chi connectivity index (χ0) is 14.9. The Morgan fingerprint density at radius 3 is 2.77 bits per heavy atom. The highest BCUT2D eigenvalue weighted by Crippen LogP contribution is 2.26. The Labute approximate surface area is 131 Å². The van der Waals surface area contributed by atoms with Gasteiger partial charge in [-0.15, -0.1) is 5.10 Å². The first kappa shape index (κ1) is 13.2. The van der Waals surface area contributed by atoms with Crippen LogP contribution in [0.15, 0.2) is 53.7 Å².